The summed E-state index contributed by atoms with van der Waals surface area (Å²) < 4.78 is 5.93. The van der Waals surface area contributed by atoms with Crippen molar-refractivity contribution >= 4 is 23.4 Å². The van der Waals surface area contributed by atoms with E-state index in [0.29, 0.717) is 40.3 Å². The van der Waals surface area contributed by atoms with Gasteiger partial charge in [0.15, 0.2) is 5.82 Å². The van der Waals surface area contributed by atoms with Gasteiger partial charge in [-0.1, -0.05) is 18.2 Å². The number of para-hydroxylation sites is 1. The molecular formula is C22H19N7O2. The zero-order valence-corrected chi connectivity index (χ0v) is 16.6. The minimum Gasteiger partial charge on any atom is -0.438 e. The number of aromatic nitrogens is 4. The monoisotopic (exact) mass is 413 g/mol. The number of ether oxygens (including phenoxy) is 1. The molecule has 0 aliphatic heterocycles. The molecule has 0 saturated carbocycles. The fourth-order valence-electron chi connectivity index (χ4n) is 2.72. The van der Waals surface area contributed by atoms with Gasteiger partial charge in [0.2, 0.25) is 11.8 Å². The Bertz CT molecular complexity index is 1170. The van der Waals surface area contributed by atoms with E-state index in [2.05, 4.69) is 35.9 Å². The predicted molar refractivity (Wildman–Crippen MR) is 118 cm³/mol. The quantitative estimate of drug-likeness (QED) is 0.429. The third-order valence-electron chi connectivity index (χ3n) is 4.17. The average molecular weight is 413 g/mol. The number of hydrogen-bond acceptors (Lipinski definition) is 7. The van der Waals surface area contributed by atoms with Crippen molar-refractivity contribution in [1.82, 2.24) is 19.9 Å². The van der Waals surface area contributed by atoms with Crippen LogP contribution in [0, 0.1) is 0 Å². The van der Waals surface area contributed by atoms with Gasteiger partial charge in [0, 0.05) is 24.6 Å². The Hall–Kier alpha value is -4.53. The molecule has 4 rings (SSSR count). The van der Waals surface area contributed by atoms with Gasteiger partial charge in [0.25, 0.3) is 0 Å². The topological polar surface area (TPSA) is 114 Å². The predicted octanol–water partition coefficient (Wildman–Crippen LogP) is 4.41. The van der Waals surface area contributed by atoms with Crippen LogP contribution in [0.25, 0.3) is 11.4 Å². The molecule has 0 spiro atoms. The van der Waals surface area contributed by atoms with Gasteiger partial charge in [-0.15, -0.1) is 0 Å². The van der Waals surface area contributed by atoms with Gasteiger partial charge in [-0.25, -0.2) is 19.7 Å². The number of anilines is 3. The van der Waals surface area contributed by atoms with E-state index in [-0.39, 0.29) is 6.03 Å². The number of carbonyl (C=O) groups is 1. The van der Waals surface area contributed by atoms with Gasteiger partial charge in [0.05, 0.1) is 5.56 Å². The first kappa shape index (κ1) is 19.8. The van der Waals surface area contributed by atoms with Crippen molar-refractivity contribution in [2.75, 3.05) is 23.0 Å². The van der Waals surface area contributed by atoms with Gasteiger partial charge in [-0.2, -0.15) is 4.98 Å². The summed E-state index contributed by atoms with van der Waals surface area (Å²) in [6.07, 6.45) is 3.05. The minimum absolute atomic E-state index is 0.331. The first-order valence-corrected chi connectivity index (χ1v) is 9.44. The first-order valence-electron chi connectivity index (χ1n) is 9.44. The van der Waals surface area contributed by atoms with Crippen molar-refractivity contribution in [3.63, 3.8) is 0 Å². The Labute approximate surface area is 178 Å². The van der Waals surface area contributed by atoms with Crippen LogP contribution in [-0.4, -0.2) is 33.0 Å². The maximum absolute atomic E-state index is 12.1. The number of benzene rings is 2. The molecule has 2 aromatic carbocycles. The molecular weight excluding hydrogens is 394 g/mol. The van der Waals surface area contributed by atoms with Crippen LogP contribution in [-0.2, 0) is 0 Å². The number of carbonyl (C=O) groups excluding carboxylic acids is 1. The summed E-state index contributed by atoms with van der Waals surface area (Å²) in [6.45, 7) is 0. The Balaban J connectivity index is 1.45. The van der Waals surface area contributed by atoms with E-state index in [1.807, 2.05) is 36.4 Å². The summed E-state index contributed by atoms with van der Waals surface area (Å²) >= 11 is 0. The van der Waals surface area contributed by atoms with Crippen LogP contribution >= 0.6 is 0 Å². The number of rotatable bonds is 6. The largest absolute Gasteiger partial charge is 0.438 e. The highest BCUT2D eigenvalue weighted by atomic mass is 16.5. The van der Waals surface area contributed by atoms with Crippen LogP contribution in [0.4, 0.5) is 22.1 Å². The lowest BCUT2D eigenvalue weighted by molar-refractivity contribution is 0.262. The van der Waals surface area contributed by atoms with Crippen LogP contribution in [0.2, 0.25) is 0 Å². The lowest BCUT2D eigenvalue weighted by Gasteiger charge is -2.11. The second-order valence-corrected chi connectivity index (χ2v) is 6.31. The molecule has 0 bridgehead atoms. The third kappa shape index (κ3) is 5.10. The standard InChI is InChI=1S/C22H19N7O2/c1-23-21-26-14-25-19(29-21)18-8-5-13-24-20(18)31-17-11-9-16(10-12-17)28-22(30)27-15-6-3-2-4-7-15/h2-14H,1H3,(H2,27,28,30)(H,23,25,26,29). The first-order chi connectivity index (χ1) is 15.2. The van der Waals surface area contributed by atoms with Crippen molar-refractivity contribution in [3.8, 4) is 23.0 Å². The molecule has 4 aromatic rings. The Morgan fingerprint density at radius 1 is 0.839 bits per heavy atom. The molecule has 2 heterocycles. The number of urea groups is 1. The van der Waals surface area contributed by atoms with Crippen LogP contribution in [0.5, 0.6) is 11.6 Å². The van der Waals surface area contributed by atoms with Crippen LogP contribution in [0.1, 0.15) is 0 Å². The van der Waals surface area contributed by atoms with Gasteiger partial charge >= 0.3 is 6.03 Å². The molecule has 154 valence electrons. The summed E-state index contributed by atoms with van der Waals surface area (Å²) in [5.41, 5.74) is 1.96. The second-order valence-electron chi connectivity index (χ2n) is 6.31. The van der Waals surface area contributed by atoms with E-state index >= 15 is 0 Å². The van der Waals surface area contributed by atoms with Gasteiger partial charge < -0.3 is 20.7 Å². The fraction of sp³-hybridized carbons (Fsp3) is 0.0455. The van der Waals surface area contributed by atoms with Crippen molar-refractivity contribution in [1.29, 1.82) is 0 Å². The van der Waals surface area contributed by atoms with Crippen LogP contribution < -0.4 is 20.7 Å². The molecule has 9 nitrogen and oxygen atoms in total. The summed E-state index contributed by atoms with van der Waals surface area (Å²) in [5, 5.41) is 8.42. The van der Waals surface area contributed by atoms with Crippen LogP contribution in [0.3, 0.4) is 0 Å². The zero-order valence-electron chi connectivity index (χ0n) is 16.6. The van der Waals surface area contributed by atoms with Crippen molar-refractivity contribution in [2.24, 2.45) is 0 Å². The normalized spacial score (nSPS) is 10.2. The maximum Gasteiger partial charge on any atom is 0.323 e. The van der Waals surface area contributed by atoms with E-state index in [1.54, 1.807) is 43.6 Å². The molecule has 3 N–H and O–H groups in total. The van der Waals surface area contributed by atoms with Gasteiger partial charge in [0.1, 0.15) is 12.1 Å². The number of pyridine rings is 1. The molecule has 0 saturated heterocycles. The number of nitrogens with zero attached hydrogens (tertiary/aromatic N) is 4. The minimum atomic E-state index is -0.331. The molecule has 2 amide bonds. The average Bonchev–Trinajstić information content (AvgIpc) is 2.81. The zero-order chi connectivity index (χ0) is 21.5. The van der Waals surface area contributed by atoms with E-state index in [1.165, 1.54) is 6.33 Å². The highest BCUT2D eigenvalue weighted by molar-refractivity contribution is 5.99. The molecule has 31 heavy (non-hydrogen) atoms. The highest BCUT2D eigenvalue weighted by Crippen LogP contribution is 2.29. The number of amides is 2. The lowest BCUT2D eigenvalue weighted by atomic mass is 10.2. The second kappa shape index (κ2) is 9.31. The molecule has 0 unspecified atom stereocenters. The van der Waals surface area contributed by atoms with Crippen molar-refractivity contribution in [3.05, 3.63) is 79.3 Å². The molecule has 9 heteroatoms. The Kier molecular flexibility index (Phi) is 5.94. The fourth-order valence-corrected chi connectivity index (χ4v) is 2.72. The summed E-state index contributed by atoms with van der Waals surface area (Å²) in [4.78, 5) is 29.0. The highest BCUT2D eigenvalue weighted by Gasteiger charge is 2.12. The summed E-state index contributed by atoms with van der Waals surface area (Å²) in [6, 6.07) is 19.4. The van der Waals surface area contributed by atoms with E-state index in [0.717, 1.165) is 0 Å². The molecule has 0 fully saturated rings. The summed E-state index contributed by atoms with van der Waals surface area (Å²) in [7, 11) is 1.73. The van der Waals surface area contributed by atoms with Crippen molar-refractivity contribution < 1.29 is 9.53 Å². The number of nitrogens with one attached hydrogen (secondary N) is 3. The van der Waals surface area contributed by atoms with E-state index in [4.69, 9.17) is 4.74 Å². The Morgan fingerprint density at radius 3 is 2.32 bits per heavy atom. The van der Waals surface area contributed by atoms with Gasteiger partial charge in [-0.3, -0.25) is 0 Å². The molecule has 0 radical (unpaired) electrons. The molecule has 0 aliphatic carbocycles. The SMILES string of the molecule is CNc1ncnc(-c2cccnc2Oc2ccc(NC(=O)Nc3ccccc3)cc2)n1. The van der Waals surface area contributed by atoms with E-state index in [9.17, 15) is 4.79 Å². The maximum atomic E-state index is 12.1. The third-order valence-corrected chi connectivity index (χ3v) is 4.17. The molecule has 2 aromatic heterocycles. The lowest BCUT2D eigenvalue weighted by Crippen LogP contribution is -2.19. The van der Waals surface area contributed by atoms with Crippen LogP contribution in [0.15, 0.2) is 79.3 Å². The van der Waals surface area contributed by atoms with Gasteiger partial charge in [-0.05, 0) is 48.5 Å². The van der Waals surface area contributed by atoms with E-state index < -0.39 is 0 Å². The summed E-state index contributed by atoms with van der Waals surface area (Å²) in [5.74, 6) is 1.80. The Morgan fingerprint density at radius 2 is 1.58 bits per heavy atom. The van der Waals surface area contributed by atoms with Crippen molar-refractivity contribution in [2.45, 2.75) is 0 Å². The number of hydrogen-bond donors (Lipinski definition) is 3. The molecule has 0 aliphatic rings. The molecule has 0 atom stereocenters. The smallest absolute Gasteiger partial charge is 0.323 e.